The summed E-state index contributed by atoms with van der Waals surface area (Å²) in [6.07, 6.45) is 0.342. The zero-order valence-electron chi connectivity index (χ0n) is 11.7. The molecule has 0 atom stereocenters. The molecule has 0 heterocycles. The number of hydrogen-bond donors (Lipinski definition) is 1. The molecule has 108 valence electrons. The lowest BCUT2D eigenvalue weighted by Gasteiger charge is -2.05. The van der Waals surface area contributed by atoms with Crippen LogP contribution in [-0.4, -0.2) is 11.7 Å². The predicted molar refractivity (Wildman–Crippen MR) is 84.8 cm³/mol. The van der Waals surface area contributed by atoms with Gasteiger partial charge in [-0.3, -0.25) is 9.59 Å². The summed E-state index contributed by atoms with van der Waals surface area (Å²) in [5.74, 6) is -0.230. The maximum Gasteiger partial charge on any atom is 0.224 e. The van der Waals surface area contributed by atoms with Crippen molar-refractivity contribution in [3.8, 4) is 0 Å². The topological polar surface area (TPSA) is 46.2 Å². The van der Waals surface area contributed by atoms with Crippen LogP contribution in [0.3, 0.4) is 0 Å². The first kappa shape index (κ1) is 15.3. The van der Waals surface area contributed by atoms with Gasteiger partial charge in [-0.15, -0.1) is 0 Å². The number of amides is 1. The SMILES string of the molecule is Cc1ccc(NC(=O)CCC(=O)c2ccc(Cl)cc2)cc1. The minimum atomic E-state index is -0.166. The average Bonchev–Trinajstić information content (AvgIpc) is 2.48. The van der Waals surface area contributed by atoms with E-state index in [0.29, 0.717) is 10.6 Å². The van der Waals surface area contributed by atoms with Gasteiger partial charge in [-0.2, -0.15) is 0 Å². The second-order valence-electron chi connectivity index (χ2n) is 4.84. The third kappa shape index (κ3) is 4.72. The monoisotopic (exact) mass is 301 g/mol. The van der Waals surface area contributed by atoms with Crippen LogP contribution in [0.15, 0.2) is 48.5 Å². The van der Waals surface area contributed by atoms with Gasteiger partial charge in [-0.05, 0) is 43.3 Å². The Balaban J connectivity index is 1.84. The third-order valence-electron chi connectivity index (χ3n) is 3.08. The molecule has 0 radical (unpaired) electrons. The van der Waals surface area contributed by atoms with Crippen LogP contribution in [0.1, 0.15) is 28.8 Å². The van der Waals surface area contributed by atoms with E-state index < -0.39 is 0 Å². The fourth-order valence-corrected chi connectivity index (χ4v) is 1.99. The van der Waals surface area contributed by atoms with Crippen LogP contribution in [0.4, 0.5) is 5.69 Å². The predicted octanol–water partition coefficient (Wildman–Crippen LogP) is 4.25. The average molecular weight is 302 g/mol. The lowest BCUT2D eigenvalue weighted by atomic mass is 10.1. The van der Waals surface area contributed by atoms with E-state index in [0.717, 1.165) is 11.3 Å². The normalized spacial score (nSPS) is 10.2. The molecule has 0 unspecified atom stereocenters. The van der Waals surface area contributed by atoms with Crippen molar-refractivity contribution in [1.29, 1.82) is 0 Å². The van der Waals surface area contributed by atoms with Crippen molar-refractivity contribution in [1.82, 2.24) is 0 Å². The highest BCUT2D eigenvalue weighted by atomic mass is 35.5. The molecule has 0 aliphatic carbocycles. The summed E-state index contributed by atoms with van der Waals surface area (Å²) in [7, 11) is 0. The first-order valence-corrected chi connectivity index (χ1v) is 7.08. The molecule has 0 spiro atoms. The van der Waals surface area contributed by atoms with E-state index in [9.17, 15) is 9.59 Å². The Kier molecular flexibility index (Phi) is 5.12. The van der Waals surface area contributed by atoms with Crippen LogP contribution >= 0.6 is 11.6 Å². The standard InChI is InChI=1S/C17H16ClNO2/c1-12-2-8-15(9-3-12)19-17(21)11-10-16(20)13-4-6-14(18)7-5-13/h2-9H,10-11H2,1H3,(H,19,21). The Morgan fingerprint density at radius 1 is 0.952 bits per heavy atom. The van der Waals surface area contributed by atoms with Crippen LogP contribution in [0.2, 0.25) is 5.02 Å². The van der Waals surface area contributed by atoms with E-state index in [1.54, 1.807) is 24.3 Å². The van der Waals surface area contributed by atoms with E-state index >= 15 is 0 Å². The summed E-state index contributed by atoms with van der Waals surface area (Å²) < 4.78 is 0. The molecule has 0 bridgehead atoms. The molecule has 0 fully saturated rings. The molecule has 2 aromatic carbocycles. The van der Waals surface area contributed by atoms with Gasteiger partial charge in [0.2, 0.25) is 5.91 Å². The summed E-state index contributed by atoms with van der Waals surface area (Å²) in [5.41, 5.74) is 2.44. The van der Waals surface area contributed by atoms with Crippen molar-refractivity contribution in [2.75, 3.05) is 5.32 Å². The number of Topliss-reactive ketones (excluding diaryl/α,β-unsaturated/α-hetero) is 1. The summed E-state index contributed by atoms with van der Waals surface area (Å²) in [6, 6.07) is 14.2. The minimum Gasteiger partial charge on any atom is -0.326 e. The minimum absolute atomic E-state index is 0.0641. The summed E-state index contributed by atoms with van der Waals surface area (Å²) in [6.45, 7) is 1.98. The molecule has 0 aliphatic rings. The molecule has 4 heteroatoms. The first-order valence-electron chi connectivity index (χ1n) is 6.70. The van der Waals surface area contributed by atoms with Crippen LogP contribution < -0.4 is 5.32 Å². The summed E-state index contributed by atoms with van der Waals surface area (Å²) >= 11 is 5.77. The van der Waals surface area contributed by atoms with E-state index in [1.165, 1.54) is 0 Å². The van der Waals surface area contributed by atoms with Crippen LogP contribution in [0, 0.1) is 6.92 Å². The fraction of sp³-hybridized carbons (Fsp3) is 0.176. The van der Waals surface area contributed by atoms with Crippen LogP contribution in [0.5, 0.6) is 0 Å². The van der Waals surface area contributed by atoms with Gasteiger partial charge in [-0.25, -0.2) is 0 Å². The zero-order valence-corrected chi connectivity index (χ0v) is 12.5. The Bertz CT molecular complexity index is 633. The summed E-state index contributed by atoms with van der Waals surface area (Å²) in [4.78, 5) is 23.7. The van der Waals surface area contributed by atoms with Crippen molar-refractivity contribution in [3.63, 3.8) is 0 Å². The summed E-state index contributed by atoms with van der Waals surface area (Å²) in [5, 5.41) is 3.36. The number of anilines is 1. The van der Waals surface area contributed by atoms with Crippen molar-refractivity contribution in [3.05, 3.63) is 64.7 Å². The molecule has 0 saturated carbocycles. The van der Waals surface area contributed by atoms with Crippen molar-refractivity contribution >= 4 is 29.0 Å². The Labute approximate surface area is 128 Å². The van der Waals surface area contributed by atoms with Crippen LogP contribution in [0.25, 0.3) is 0 Å². The van der Waals surface area contributed by atoms with Gasteiger partial charge in [0, 0.05) is 29.1 Å². The number of carbonyl (C=O) groups is 2. The Hall–Kier alpha value is -2.13. The smallest absolute Gasteiger partial charge is 0.224 e. The number of aryl methyl sites for hydroxylation is 1. The van der Waals surface area contributed by atoms with E-state index in [4.69, 9.17) is 11.6 Å². The Morgan fingerprint density at radius 3 is 2.19 bits per heavy atom. The number of benzene rings is 2. The highest BCUT2D eigenvalue weighted by molar-refractivity contribution is 6.30. The number of carbonyl (C=O) groups excluding carboxylic acids is 2. The number of nitrogens with one attached hydrogen (secondary N) is 1. The molecule has 1 N–H and O–H groups in total. The van der Waals surface area contributed by atoms with Gasteiger partial charge in [0.1, 0.15) is 0 Å². The van der Waals surface area contributed by atoms with Crippen molar-refractivity contribution < 1.29 is 9.59 Å². The molecule has 2 aromatic rings. The molecule has 2 rings (SSSR count). The second-order valence-corrected chi connectivity index (χ2v) is 5.28. The van der Waals surface area contributed by atoms with E-state index in [1.807, 2.05) is 31.2 Å². The lowest BCUT2D eigenvalue weighted by Crippen LogP contribution is -2.13. The fourth-order valence-electron chi connectivity index (χ4n) is 1.87. The second kappa shape index (κ2) is 7.04. The zero-order chi connectivity index (χ0) is 15.2. The van der Waals surface area contributed by atoms with Gasteiger partial charge < -0.3 is 5.32 Å². The van der Waals surface area contributed by atoms with Gasteiger partial charge in [-0.1, -0.05) is 29.3 Å². The molecule has 0 aromatic heterocycles. The molecule has 1 amide bonds. The Morgan fingerprint density at radius 2 is 1.57 bits per heavy atom. The molecule has 21 heavy (non-hydrogen) atoms. The molecule has 0 saturated heterocycles. The highest BCUT2D eigenvalue weighted by Crippen LogP contribution is 2.13. The van der Waals surface area contributed by atoms with E-state index in [-0.39, 0.29) is 24.5 Å². The van der Waals surface area contributed by atoms with Gasteiger partial charge in [0.25, 0.3) is 0 Å². The van der Waals surface area contributed by atoms with Gasteiger partial charge in [0.05, 0.1) is 0 Å². The maximum atomic E-state index is 11.9. The molecular weight excluding hydrogens is 286 g/mol. The third-order valence-corrected chi connectivity index (χ3v) is 3.33. The maximum absolute atomic E-state index is 11.9. The van der Waals surface area contributed by atoms with E-state index in [2.05, 4.69) is 5.32 Å². The number of halogens is 1. The molecular formula is C17H16ClNO2. The van der Waals surface area contributed by atoms with Gasteiger partial charge >= 0.3 is 0 Å². The molecule has 0 aliphatic heterocycles. The first-order chi connectivity index (χ1) is 10.0. The van der Waals surface area contributed by atoms with Crippen molar-refractivity contribution in [2.24, 2.45) is 0 Å². The lowest BCUT2D eigenvalue weighted by molar-refractivity contribution is -0.116. The van der Waals surface area contributed by atoms with Gasteiger partial charge in [0.15, 0.2) is 5.78 Å². The number of ketones is 1. The largest absolute Gasteiger partial charge is 0.326 e. The van der Waals surface area contributed by atoms with Crippen molar-refractivity contribution in [2.45, 2.75) is 19.8 Å². The molecule has 3 nitrogen and oxygen atoms in total. The highest BCUT2D eigenvalue weighted by Gasteiger charge is 2.09. The van der Waals surface area contributed by atoms with Crippen LogP contribution in [-0.2, 0) is 4.79 Å². The quantitative estimate of drug-likeness (QED) is 0.839. The number of hydrogen-bond acceptors (Lipinski definition) is 2. The number of rotatable bonds is 5.